The van der Waals surface area contributed by atoms with Crippen molar-refractivity contribution in [3.8, 4) is 33.5 Å². The van der Waals surface area contributed by atoms with Gasteiger partial charge < -0.3 is 5.11 Å². The topological polar surface area (TPSA) is 33.1 Å². The van der Waals surface area contributed by atoms with Crippen molar-refractivity contribution in [2.45, 2.75) is 5.60 Å². The highest BCUT2D eigenvalue weighted by atomic mass is 35.5. The zero-order chi connectivity index (χ0) is 25.0. The molecule has 1 aliphatic rings. The number of benzene rings is 5. The molecule has 0 fully saturated rings. The summed E-state index contributed by atoms with van der Waals surface area (Å²) in [7, 11) is 0. The SMILES string of the molecule is OC1(c2ccccc2-c2ccccc2)c2ccccc2-c2c(-c3ccccc3Cl)nc3ccccc3c21. The minimum Gasteiger partial charge on any atom is -0.376 e. The third-order valence-electron chi connectivity index (χ3n) is 7.37. The maximum atomic E-state index is 13.1. The molecule has 0 bridgehead atoms. The molecule has 1 unspecified atom stereocenters. The molecule has 0 spiro atoms. The number of nitrogens with zero attached hydrogens (tertiary/aromatic N) is 1. The second-order valence-corrected chi connectivity index (χ2v) is 9.78. The summed E-state index contributed by atoms with van der Waals surface area (Å²) in [6.45, 7) is 0. The van der Waals surface area contributed by atoms with Gasteiger partial charge in [0.1, 0.15) is 5.60 Å². The van der Waals surface area contributed by atoms with Gasteiger partial charge in [-0.3, -0.25) is 0 Å². The van der Waals surface area contributed by atoms with Crippen molar-refractivity contribution in [2.75, 3.05) is 0 Å². The first-order chi connectivity index (χ1) is 18.2. The number of para-hydroxylation sites is 1. The van der Waals surface area contributed by atoms with E-state index in [0.29, 0.717) is 5.02 Å². The molecule has 7 rings (SSSR count). The van der Waals surface area contributed by atoms with Crippen LogP contribution in [0.15, 0.2) is 127 Å². The van der Waals surface area contributed by atoms with Gasteiger partial charge in [-0.15, -0.1) is 0 Å². The first-order valence-corrected chi connectivity index (χ1v) is 12.7. The molecule has 1 heterocycles. The molecule has 2 nitrogen and oxygen atoms in total. The van der Waals surface area contributed by atoms with Crippen molar-refractivity contribution >= 4 is 22.5 Å². The predicted molar refractivity (Wildman–Crippen MR) is 152 cm³/mol. The Balaban J connectivity index is 1.66. The molecule has 0 saturated heterocycles. The summed E-state index contributed by atoms with van der Waals surface area (Å²) in [6, 6.07) is 42.3. The van der Waals surface area contributed by atoms with Crippen LogP contribution < -0.4 is 0 Å². The Hall–Kier alpha value is -4.24. The minimum atomic E-state index is -1.39. The van der Waals surface area contributed by atoms with Gasteiger partial charge in [0.2, 0.25) is 0 Å². The Kier molecular flexibility index (Phi) is 5.00. The van der Waals surface area contributed by atoms with Crippen molar-refractivity contribution in [1.29, 1.82) is 0 Å². The fraction of sp³-hybridized carbons (Fsp3) is 0.0294. The third-order valence-corrected chi connectivity index (χ3v) is 7.70. The molecule has 6 aromatic rings. The number of aromatic nitrogens is 1. The van der Waals surface area contributed by atoms with Gasteiger partial charge in [-0.2, -0.15) is 0 Å². The largest absolute Gasteiger partial charge is 0.376 e. The summed E-state index contributed by atoms with van der Waals surface area (Å²) in [6.07, 6.45) is 0. The van der Waals surface area contributed by atoms with E-state index in [4.69, 9.17) is 16.6 Å². The Morgan fingerprint density at radius 2 is 1.14 bits per heavy atom. The van der Waals surface area contributed by atoms with E-state index in [1.807, 2.05) is 97.1 Å². The van der Waals surface area contributed by atoms with Gasteiger partial charge in [-0.05, 0) is 28.8 Å². The monoisotopic (exact) mass is 495 g/mol. The van der Waals surface area contributed by atoms with Crippen molar-refractivity contribution in [3.63, 3.8) is 0 Å². The first-order valence-electron chi connectivity index (χ1n) is 12.3. The maximum Gasteiger partial charge on any atom is 0.143 e. The summed E-state index contributed by atoms with van der Waals surface area (Å²) < 4.78 is 0. The Morgan fingerprint density at radius 3 is 1.89 bits per heavy atom. The van der Waals surface area contributed by atoms with Gasteiger partial charge in [-0.1, -0.05) is 127 Å². The van der Waals surface area contributed by atoms with E-state index in [2.05, 4.69) is 30.3 Å². The number of fused-ring (bicyclic) bond motifs is 5. The van der Waals surface area contributed by atoms with E-state index in [-0.39, 0.29) is 0 Å². The normalized spacial score (nSPS) is 15.9. The van der Waals surface area contributed by atoms with E-state index < -0.39 is 5.60 Å². The molecule has 0 amide bonds. The highest BCUT2D eigenvalue weighted by Crippen LogP contribution is 2.57. The maximum absolute atomic E-state index is 13.1. The zero-order valence-corrected chi connectivity index (χ0v) is 20.7. The molecule has 5 aromatic carbocycles. The van der Waals surface area contributed by atoms with Gasteiger partial charge in [0, 0.05) is 38.2 Å². The average molecular weight is 496 g/mol. The molecular weight excluding hydrogens is 474 g/mol. The van der Waals surface area contributed by atoms with E-state index in [9.17, 15) is 5.11 Å². The molecule has 37 heavy (non-hydrogen) atoms. The molecule has 0 radical (unpaired) electrons. The van der Waals surface area contributed by atoms with Gasteiger partial charge in [0.15, 0.2) is 0 Å². The van der Waals surface area contributed by atoms with Crippen LogP contribution in [0, 0.1) is 0 Å². The van der Waals surface area contributed by atoms with E-state index >= 15 is 0 Å². The first kappa shape index (κ1) is 22.0. The van der Waals surface area contributed by atoms with Crippen LogP contribution in [0.3, 0.4) is 0 Å². The molecule has 1 aromatic heterocycles. The molecule has 1 aliphatic carbocycles. The molecule has 3 heteroatoms. The predicted octanol–water partition coefficient (Wildman–Crippen LogP) is 8.49. The number of pyridine rings is 1. The third kappa shape index (κ3) is 3.20. The second-order valence-electron chi connectivity index (χ2n) is 9.38. The smallest absolute Gasteiger partial charge is 0.143 e. The number of aliphatic hydroxyl groups is 1. The van der Waals surface area contributed by atoms with Crippen molar-refractivity contribution in [2.24, 2.45) is 0 Å². The van der Waals surface area contributed by atoms with E-state index in [1.165, 1.54) is 0 Å². The Bertz CT molecular complexity index is 1810. The highest BCUT2D eigenvalue weighted by Gasteiger charge is 2.47. The van der Waals surface area contributed by atoms with Gasteiger partial charge in [0.05, 0.1) is 11.2 Å². The second kappa shape index (κ2) is 8.41. The lowest BCUT2D eigenvalue weighted by molar-refractivity contribution is 0.133. The molecular formula is C34H22ClNO. The van der Waals surface area contributed by atoms with Crippen molar-refractivity contribution in [3.05, 3.63) is 149 Å². The summed E-state index contributed by atoms with van der Waals surface area (Å²) in [4.78, 5) is 5.12. The van der Waals surface area contributed by atoms with Crippen molar-refractivity contribution < 1.29 is 5.11 Å². The van der Waals surface area contributed by atoms with Crippen LogP contribution in [0.4, 0.5) is 0 Å². The molecule has 0 saturated carbocycles. The van der Waals surface area contributed by atoms with E-state index in [1.54, 1.807) is 0 Å². The minimum absolute atomic E-state index is 0.630. The molecule has 1 N–H and O–H groups in total. The molecule has 1 atom stereocenters. The number of hydrogen-bond acceptors (Lipinski definition) is 2. The van der Waals surface area contributed by atoms with Gasteiger partial charge >= 0.3 is 0 Å². The van der Waals surface area contributed by atoms with Crippen LogP contribution in [0.5, 0.6) is 0 Å². The van der Waals surface area contributed by atoms with Gasteiger partial charge in [-0.25, -0.2) is 4.98 Å². The lowest BCUT2D eigenvalue weighted by Crippen LogP contribution is -2.27. The van der Waals surface area contributed by atoms with Crippen LogP contribution in [-0.4, -0.2) is 10.1 Å². The highest BCUT2D eigenvalue weighted by molar-refractivity contribution is 6.33. The number of hydrogen-bond donors (Lipinski definition) is 1. The zero-order valence-electron chi connectivity index (χ0n) is 19.9. The molecule has 176 valence electrons. The lowest BCUT2D eigenvalue weighted by atomic mass is 9.79. The van der Waals surface area contributed by atoms with Crippen LogP contribution in [0.2, 0.25) is 5.02 Å². The summed E-state index contributed by atoms with van der Waals surface area (Å²) in [5, 5.41) is 14.6. The molecule has 0 aliphatic heterocycles. The fourth-order valence-electron chi connectivity index (χ4n) is 5.80. The number of halogens is 1. The lowest BCUT2D eigenvalue weighted by Gasteiger charge is -2.30. The summed E-state index contributed by atoms with van der Waals surface area (Å²) in [5.41, 5.74) is 7.53. The standard InChI is InChI=1S/C34H22ClNO/c35-29-20-10-6-16-25(29)33-31-24-15-5-9-19-28(24)34(37,32(31)26-17-7-11-21-30(26)36-33)27-18-8-4-14-23(27)22-12-2-1-3-13-22/h1-21,37H. The van der Waals surface area contributed by atoms with Gasteiger partial charge in [0.25, 0.3) is 0 Å². The Morgan fingerprint density at radius 1 is 0.568 bits per heavy atom. The van der Waals surface area contributed by atoms with Crippen LogP contribution in [-0.2, 0) is 5.60 Å². The van der Waals surface area contributed by atoms with Crippen LogP contribution >= 0.6 is 11.6 Å². The quantitative estimate of drug-likeness (QED) is 0.267. The number of rotatable bonds is 3. The van der Waals surface area contributed by atoms with Crippen LogP contribution in [0.1, 0.15) is 16.7 Å². The summed E-state index contributed by atoms with van der Waals surface area (Å²) in [5.74, 6) is 0. The van der Waals surface area contributed by atoms with Crippen molar-refractivity contribution in [1.82, 2.24) is 4.98 Å². The fourth-order valence-corrected chi connectivity index (χ4v) is 6.02. The average Bonchev–Trinajstić information content (AvgIpc) is 3.23. The summed E-state index contributed by atoms with van der Waals surface area (Å²) >= 11 is 6.73. The van der Waals surface area contributed by atoms with E-state index in [0.717, 1.165) is 61.1 Å². The van der Waals surface area contributed by atoms with Crippen LogP contribution in [0.25, 0.3) is 44.4 Å². The Labute approximate surface area is 220 Å².